The molecule has 2 fully saturated rings. The van der Waals surface area contributed by atoms with Crippen molar-refractivity contribution in [3.05, 3.63) is 0 Å². The zero-order chi connectivity index (χ0) is 11.4. The van der Waals surface area contributed by atoms with E-state index >= 15 is 0 Å². The molecule has 16 heavy (non-hydrogen) atoms. The Bertz CT molecular complexity index is 185. The highest BCUT2D eigenvalue weighted by Crippen LogP contribution is 2.33. The number of rotatable bonds is 9. The molecule has 0 saturated heterocycles. The average molecular weight is 244 g/mol. The van der Waals surface area contributed by atoms with Gasteiger partial charge in [0.05, 0.1) is 0 Å². The van der Waals surface area contributed by atoms with Gasteiger partial charge in [0.2, 0.25) is 0 Å². The molecule has 0 aliphatic heterocycles. The van der Waals surface area contributed by atoms with Crippen molar-refractivity contribution < 1.29 is 0 Å². The van der Waals surface area contributed by atoms with Gasteiger partial charge in [-0.15, -0.1) is 11.6 Å². The van der Waals surface area contributed by atoms with E-state index in [4.69, 9.17) is 11.6 Å². The minimum Gasteiger partial charge on any atom is -0.303 e. The van der Waals surface area contributed by atoms with Crippen LogP contribution in [0.5, 0.6) is 0 Å². The number of nitrogens with zero attached hydrogens (tertiary/aromatic N) is 1. The van der Waals surface area contributed by atoms with Crippen LogP contribution in [0.4, 0.5) is 0 Å². The van der Waals surface area contributed by atoms with Crippen LogP contribution in [0, 0.1) is 17.8 Å². The fraction of sp³-hybridized carbons (Fsp3) is 1.00. The molecule has 2 rings (SSSR count). The van der Waals surface area contributed by atoms with Crippen LogP contribution in [0.3, 0.4) is 0 Å². The van der Waals surface area contributed by atoms with Crippen LogP contribution >= 0.6 is 11.6 Å². The van der Waals surface area contributed by atoms with Gasteiger partial charge in [-0.05, 0) is 62.8 Å². The van der Waals surface area contributed by atoms with Crippen molar-refractivity contribution in [3.8, 4) is 0 Å². The summed E-state index contributed by atoms with van der Waals surface area (Å²) in [5, 5.41) is 0. The second-order valence-corrected chi connectivity index (χ2v) is 6.40. The summed E-state index contributed by atoms with van der Waals surface area (Å²) in [5.41, 5.74) is 0. The summed E-state index contributed by atoms with van der Waals surface area (Å²) in [7, 11) is 0. The molecule has 1 unspecified atom stereocenters. The fourth-order valence-electron chi connectivity index (χ4n) is 2.32. The second kappa shape index (κ2) is 6.26. The Kier molecular flexibility index (Phi) is 4.97. The predicted octanol–water partition coefficient (Wildman–Crippen LogP) is 3.76. The maximum absolute atomic E-state index is 5.79. The van der Waals surface area contributed by atoms with Crippen LogP contribution in [-0.4, -0.2) is 30.4 Å². The predicted molar refractivity (Wildman–Crippen MR) is 71.0 cm³/mol. The zero-order valence-corrected chi connectivity index (χ0v) is 11.4. The first-order valence-electron chi connectivity index (χ1n) is 7.06. The smallest absolute Gasteiger partial charge is 0.0225 e. The van der Waals surface area contributed by atoms with E-state index in [0.29, 0.717) is 0 Å². The summed E-state index contributed by atoms with van der Waals surface area (Å²) in [5.74, 6) is 3.72. The Labute approximate surface area is 106 Å². The number of alkyl halides is 1. The van der Waals surface area contributed by atoms with Crippen molar-refractivity contribution in [1.29, 1.82) is 0 Å². The van der Waals surface area contributed by atoms with Gasteiger partial charge in [0.25, 0.3) is 0 Å². The third kappa shape index (κ3) is 5.05. The van der Waals surface area contributed by atoms with E-state index in [1.54, 1.807) is 0 Å². The lowest BCUT2D eigenvalue weighted by molar-refractivity contribution is 0.235. The normalized spacial score (nSPS) is 22.7. The second-order valence-electron chi connectivity index (χ2n) is 6.02. The van der Waals surface area contributed by atoms with Gasteiger partial charge in [0, 0.05) is 19.0 Å². The molecule has 94 valence electrons. The summed E-state index contributed by atoms with van der Waals surface area (Å²) < 4.78 is 0. The summed E-state index contributed by atoms with van der Waals surface area (Å²) in [6.07, 6.45) is 8.46. The molecule has 0 bridgehead atoms. The van der Waals surface area contributed by atoms with Crippen LogP contribution in [-0.2, 0) is 0 Å². The van der Waals surface area contributed by atoms with E-state index in [1.807, 2.05) is 0 Å². The van der Waals surface area contributed by atoms with E-state index in [9.17, 15) is 0 Å². The number of hydrogen-bond acceptors (Lipinski definition) is 1. The zero-order valence-electron chi connectivity index (χ0n) is 10.6. The van der Waals surface area contributed by atoms with Crippen LogP contribution in [0.15, 0.2) is 0 Å². The van der Waals surface area contributed by atoms with Crippen molar-refractivity contribution in [2.75, 3.05) is 25.5 Å². The summed E-state index contributed by atoms with van der Waals surface area (Å²) >= 11 is 5.79. The maximum atomic E-state index is 5.79. The van der Waals surface area contributed by atoms with Crippen molar-refractivity contribution in [2.24, 2.45) is 17.8 Å². The first-order chi connectivity index (χ1) is 7.78. The highest BCUT2D eigenvalue weighted by molar-refractivity contribution is 6.17. The lowest BCUT2D eigenvalue weighted by Gasteiger charge is -2.23. The molecule has 0 aromatic heterocycles. The van der Waals surface area contributed by atoms with Crippen molar-refractivity contribution in [1.82, 2.24) is 4.90 Å². The SMILES string of the molecule is CC(CCCl)CCN(CC1CC1)CC1CC1. The molecule has 2 aliphatic rings. The van der Waals surface area contributed by atoms with Gasteiger partial charge >= 0.3 is 0 Å². The average Bonchev–Trinajstić information content (AvgIpc) is 3.09. The topological polar surface area (TPSA) is 3.24 Å². The molecule has 0 heterocycles. The first-order valence-corrected chi connectivity index (χ1v) is 7.59. The standard InChI is InChI=1S/C14H26ClN/c1-12(6-8-15)7-9-16(10-13-2-3-13)11-14-4-5-14/h12-14H,2-11H2,1H3. The lowest BCUT2D eigenvalue weighted by atomic mass is 10.0. The van der Waals surface area contributed by atoms with Crippen LogP contribution < -0.4 is 0 Å². The van der Waals surface area contributed by atoms with Crippen LogP contribution in [0.1, 0.15) is 45.4 Å². The molecule has 2 aliphatic carbocycles. The number of hydrogen-bond donors (Lipinski definition) is 0. The van der Waals surface area contributed by atoms with Crippen molar-refractivity contribution in [3.63, 3.8) is 0 Å². The molecular weight excluding hydrogens is 218 g/mol. The quantitative estimate of drug-likeness (QED) is 0.558. The molecule has 1 atom stereocenters. The van der Waals surface area contributed by atoms with Gasteiger partial charge in [0.15, 0.2) is 0 Å². The molecule has 0 N–H and O–H groups in total. The van der Waals surface area contributed by atoms with Crippen molar-refractivity contribution >= 4 is 11.6 Å². The van der Waals surface area contributed by atoms with Gasteiger partial charge in [-0.25, -0.2) is 0 Å². The van der Waals surface area contributed by atoms with Crippen LogP contribution in [0.2, 0.25) is 0 Å². The van der Waals surface area contributed by atoms with Gasteiger partial charge in [-0.3, -0.25) is 0 Å². The molecule has 0 spiro atoms. The van der Waals surface area contributed by atoms with Gasteiger partial charge in [0.1, 0.15) is 0 Å². The molecule has 1 nitrogen and oxygen atoms in total. The molecular formula is C14H26ClN. The van der Waals surface area contributed by atoms with Gasteiger partial charge < -0.3 is 4.90 Å². The third-order valence-electron chi connectivity index (χ3n) is 3.97. The van der Waals surface area contributed by atoms with E-state index in [1.165, 1.54) is 58.2 Å². The molecule has 2 saturated carbocycles. The van der Waals surface area contributed by atoms with Crippen molar-refractivity contribution in [2.45, 2.75) is 45.4 Å². The molecule has 0 amide bonds. The molecule has 0 aromatic carbocycles. The summed E-state index contributed by atoms with van der Waals surface area (Å²) in [4.78, 5) is 2.74. The maximum Gasteiger partial charge on any atom is 0.0225 e. The minimum atomic E-state index is 0.804. The number of halogens is 1. The monoisotopic (exact) mass is 243 g/mol. The Morgan fingerprint density at radius 1 is 1.06 bits per heavy atom. The highest BCUT2D eigenvalue weighted by atomic mass is 35.5. The van der Waals surface area contributed by atoms with E-state index in [0.717, 1.165) is 23.6 Å². The minimum absolute atomic E-state index is 0.804. The Balaban J connectivity index is 1.63. The van der Waals surface area contributed by atoms with E-state index in [2.05, 4.69) is 11.8 Å². The lowest BCUT2D eigenvalue weighted by Crippen LogP contribution is -2.30. The fourth-order valence-corrected chi connectivity index (χ4v) is 2.69. The Morgan fingerprint density at radius 3 is 2.06 bits per heavy atom. The molecule has 2 heteroatoms. The Morgan fingerprint density at radius 2 is 1.62 bits per heavy atom. The molecule has 0 radical (unpaired) electrons. The first kappa shape index (κ1) is 12.7. The largest absolute Gasteiger partial charge is 0.303 e. The van der Waals surface area contributed by atoms with Gasteiger partial charge in [-0.1, -0.05) is 6.92 Å². The highest BCUT2D eigenvalue weighted by Gasteiger charge is 2.28. The van der Waals surface area contributed by atoms with Crippen LogP contribution in [0.25, 0.3) is 0 Å². The molecule has 0 aromatic rings. The Hall–Kier alpha value is 0.250. The summed E-state index contributed by atoms with van der Waals surface area (Å²) in [6, 6.07) is 0. The van der Waals surface area contributed by atoms with Gasteiger partial charge in [-0.2, -0.15) is 0 Å². The third-order valence-corrected chi connectivity index (χ3v) is 4.18. The van der Waals surface area contributed by atoms with E-state index in [-0.39, 0.29) is 0 Å². The summed E-state index contributed by atoms with van der Waals surface area (Å²) in [6.45, 7) is 6.41. The van der Waals surface area contributed by atoms with E-state index < -0.39 is 0 Å².